The Morgan fingerprint density at radius 1 is 1.15 bits per heavy atom. The summed E-state index contributed by atoms with van der Waals surface area (Å²) in [4.78, 5) is 14.5. The molecule has 0 spiro atoms. The van der Waals surface area contributed by atoms with Crippen LogP contribution in [0.4, 0.5) is 0 Å². The largest absolute Gasteiger partial charge is 0.454 e. The van der Waals surface area contributed by atoms with Crippen LogP contribution < -0.4 is 9.47 Å². The van der Waals surface area contributed by atoms with Gasteiger partial charge in [-0.1, -0.05) is 35.9 Å². The third-order valence-corrected chi connectivity index (χ3v) is 5.08. The van der Waals surface area contributed by atoms with Gasteiger partial charge < -0.3 is 19.1 Å². The van der Waals surface area contributed by atoms with Crippen molar-refractivity contribution in [2.75, 3.05) is 26.5 Å². The minimum Gasteiger partial charge on any atom is -0.454 e. The molecule has 136 valence electrons. The smallest absolute Gasteiger partial charge is 0.231 e. The van der Waals surface area contributed by atoms with Crippen molar-refractivity contribution in [3.8, 4) is 11.5 Å². The number of benzene rings is 2. The Kier molecular flexibility index (Phi) is 5.00. The molecule has 26 heavy (non-hydrogen) atoms. The molecule has 2 aromatic carbocycles. The molecule has 1 unspecified atom stereocenters. The van der Waals surface area contributed by atoms with Crippen molar-refractivity contribution in [3.63, 3.8) is 0 Å². The van der Waals surface area contributed by atoms with Gasteiger partial charge in [-0.15, -0.1) is 0 Å². The SMILES string of the molecule is O=C(CCc1ccc2c(c1)OCO2)N1CCOC(c2ccccc2Cl)C1. The zero-order valence-corrected chi connectivity index (χ0v) is 15.1. The van der Waals surface area contributed by atoms with Crippen LogP contribution in [0.3, 0.4) is 0 Å². The summed E-state index contributed by atoms with van der Waals surface area (Å²) in [5, 5.41) is 0.673. The molecule has 0 bridgehead atoms. The van der Waals surface area contributed by atoms with Gasteiger partial charge in [0.15, 0.2) is 11.5 Å². The number of amides is 1. The van der Waals surface area contributed by atoms with Gasteiger partial charge in [0.05, 0.1) is 13.2 Å². The molecule has 0 N–H and O–H groups in total. The van der Waals surface area contributed by atoms with Gasteiger partial charge in [0.2, 0.25) is 12.7 Å². The molecule has 4 rings (SSSR count). The van der Waals surface area contributed by atoms with E-state index >= 15 is 0 Å². The maximum atomic E-state index is 12.6. The fraction of sp³-hybridized carbons (Fsp3) is 0.350. The van der Waals surface area contributed by atoms with Crippen molar-refractivity contribution >= 4 is 17.5 Å². The van der Waals surface area contributed by atoms with Crippen LogP contribution in [0.2, 0.25) is 5.02 Å². The van der Waals surface area contributed by atoms with Gasteiger partial charge in [0.25, 0.3) is 0 Å². The summed E-state index contributed by atoms with van der Waals surface area (Å²) < 4.78 is 16.5. The van der Waals surface area contributed by atoms with E-state index in [9.17, 15) is 4.79 Å². The minimum atomic E-state index is -0.174. The van der Waals surface area contributed by atoms with E-state index in [1.807, 2.05) is 47.4 Å². The Balaban J connectivity index is 1.36. The van der Waals surface area contributed by atoms with Crippen LogP contribution in [0.25, 0.3) is 0 Å². The summed E-state index contributed by atoms with van der Waals surface area (Å²) in [6, 6.07) is 13.4. The van der Waals surface area contributed by atoms with Crippen molar-refractivity contribution in [3.05, 3.63) is 58.6 Å². The van der Waals surface area contributed by atoms with Gasteiger partial charge in [0.1, 0.15) is 6.10 Å². The lowest BCUT2D eigenvalue weighted by atomic mass is 10.1. The number of nitrogens with zero attached hydrogens (tertiary/aromatic N) is 1. The van der Waals surface area contributed by atoms with E-state index < -0.39 is 0 Å². The Morgan fingerprint density at radius 3 is 2.88 bits per heavy atom. The van der Waals surface area contributed by atoms with E-state index in [4.69, 9.17) is 25.8 Å². The maximum absolute atomic E-state index is 12.6. The summed E-state index contributed by atoms with van der Waals surface area (Å²) in [6.07, 6.45) is 0.949. The van der Waals surface area contributed by atoms with Crippen molar-refractivity contribution in [2.24, 2.45) is 0 Å². The van der Waals surface area contributed by atoms with Gasteiger partial charge >= 0.3 is 0 Å². The molecule has 2 aliphatic rings. The number of fused-ring (bicyclic) bond motifs is 1. The molecular formula is C20H20ClNO4. The fourth-order valence-corrected chi connectivity index (χ4v) is 3.56. The molecule has 5 nitrogen and oxygen atoms in total. The molecule has 2 heterocycles. The average molecular weight is 374 g/mol. The highest BCUT2D eigenvalue weighted by Gasteiger charge is 2.26. The first-order valence-corrected chi connectivity index (χ1v) is 9.11. The standard InChI is InChI=1S/C20H20ClNO4/c21-16-4-2-1-3-15(16)19-12-22(9-10-24-19)20(23)8-6-14-5-7-17-18(11-14)26-13-25-17/h1-5,7,11,19H,6,8-10,12-13H2. The molecule has 1 atom stereocenters. The molecule has 1 saturated heterocycles. The first-order chi connectivity index (χ1) is 12.7. The zero-order valence-electron chi connectivity index (χ0n) is 14.3. The topological polar surface area (TPSA) is 48.0 Å². The quantitative estimate of drug-likeness (QED) is 0.821. The lowest BCUT2D eigenvalue weighted by Crippen LogP contribution is -2.42. The number of morpholine rings is 1. The third-order valence-electron chi connectivity index (χ3n) is 4.74. The van der Waals surface area contributed by atoms with E-state index in [1.165, 1.54) is 0 Å². The Bertz CT molecular complexity index is 810. The number of carbonyl (C=O) groups is 1. The number of hydrogen-bond acceptors (Lipinski definition) is 4. The molecule has 0 saturated carbocycles. The second-order valence-electron chi connectivity index (χ2n) is 6.41. The first-order valence-electron chi connectivity index (χ1n) is 8.73. The Labute approximate surface area is 157 Å². The number of halogens is 1. The summed E-state index contributed by atoms with van der Waals surface area (Å²) in [6.45, 7) is 1.92. The Morgan fingerprint density at radius 2 is 2.00 bits per heavy atom. The van der Waals surface area contributed by atoms with Crippen molar-refractivity contribution in [2.45, 2.75) is 18.9 Å². The highest BCUT2D eigenvalue weighted by molar-refractivity contribution is 6.31. The molecule has 1 fully saturated rings. The second-order valence-corrected chi connectivity index (χ2v) is 6.82. The van der Waals surface area contributed by atoms with Crippen LogP contribution in [-0.4, -0.2) is 37.3 Å². The Hall–Kier alpha value is -2.24. The van der Waals surface area contributed by atoms with Gasteiger partial charge in [-0.3, -0.25) is 4.79 Å². The van der Waals surface area contributed by atoms with Gasteiger partial charge in [0, 0.05) is 23.6 Å². The molecule has 6 heteroatoms. The van der Waals surface area contributed by atoms with Crippen molar-refractivity contribution in [1.82, 2.24) is 4.90 Å². The van der Waals surface area contributed by atoms with Crippen LogP contribution >= 0.6 is 11.6 Å². The number of carbonyl (C=O) groups excluding carboxylic acids is 1. The summed E-state index contributed by atoms with van der Waals surface area (Å²) in [7, 11) is 0. The molecule has 2 aliphatic heterocycles. The molecule has 2 aromatic rings. The number of hydrogen-bond donors (Lipinski definition) is 0. The minimum absolute atomic E-state index is 0.128. The summed E-state index contributed by atoms with van der Waals surface area (Å²) in [5.74, 6) is 1.64. The monoisotopic (exact) mass is 373 g/mol. The molecule has 1 amide bonds. The summed E-state index contributed by atoms with van der Waals surface area (Å²) >= 11 is 6.27. The zero-order chi connectivity index (χ0) is 17.9. The van der Waals surface area contributed by atoms with E-state index in [1.54, 1.807) is 0 Å². The summed E-state index contributed by atoms with van der Waals surface area (Å²) in [5.41, 5.74) is 2.00. The number of rotatable bonds is 4. The normalized spacial score (nSPS) is 18.8. The highest BCUT2D eigenvalue weighted by Crippen LogP contribution is 2.33. The number of ether oxygens (including phenoxy) is 3. The van der Waals surface area contributed by atoms with Gasteiger partial charge in [-0.05, 0) is 30.2 Å². The van der Waals surface area contributed by atoms with Crippen LogP contribution in [0, 0.1) is 0 Å². The van der Waals surface area contributed by atoms with Gasteiger partial charge in [-0.2, -0.15) is 0 Å². The van der Waals surface area contributed by atoms with E-state index in [-0.39, 0.29) is 18.8 Å². The van der Waals surface area contributed by atoms with Gasteiger partial charge in [-0.25, -0.2) is 0 Å². The molecular weight excluding hydrogens is 354 g/mol. The predicted molar refractivity (Wildman–Crippen MR) is 97.6 cm³/mol. The second kappa shape index (κ2) is 7.56. The predicted octanol–water partition coefficient (Wildman–Crippen LogP) is 3.60. The van der Waals surface area contributed by atoms with Crippen LogP contribution in [0.5, 0.6) is 11.5 Å². The lowest BCUT2D eigenvalue weighted by molar-refractivity contribution is -0.139. The van der Waals surface area contributed by atoms with Crippen LogP contribution in [-0.2, 0) is 16.0 Å². The maximum Gasteiger partial charge on any atom is 0.231 e. The molecule has 0 radical (unpaired) electrons. The van der Waals surface area contributed by atoms with Crippen molar-refractivity contribution in [1.29, 1.82) is 0 Å². The fourth-order valence-electron chi connectivity index (χ4n) is 3.31. The van der Waals surface area contributed by atoms with Crippen molar-refractivity contribution < 1.29 is 19.0 Å². The first kappa shape index (κ1) is 17.2. The highest BCUT2D eigenvalue weighted by atomic mass is 35.5. The van der Waals surface area contributed by atoms with E-state index in [0.29, 0.717) is 37.6 Å². The van der Waals surface area contributed by atoms with E-state index in [2.05, 4.69) is 0 Å². The van der Waals surface area contributed by atoms with E-state index in [0.717, 1.165) is 22.6 Å². The lowest BCUT2D eigenvalue weighted by Gasteiger charge is -2.33. The van der Waals surface area contributed by atoms with Crippen LogP contribution in [0.1, 0.15) is 23.7 Å². The number of aryl methyl sites for hydroxylation is 1. The van der Waals surface area contributed by atoms with Crippen LogP contribution in [0.15, 0.2) is 42.5 Å². The average Bonchev–Trinajstić information content (AvgIpc) is 3.14. The molecule has 0 aromatic heterocycles. The third kappa shape index (κ3) is 3.64. The molecule has 0 aliphatic carbocycles.